The third-order valence-corrected chi connectivity index (χ3v) is 2.68. The Balaban J connectivity index is 0.000000980. The molecule has 1 aromatic rings. The lowest BCUT2D eigenvalue weighted by atomic mass is 9.86. The maximum Gasteiger partial charge on any atom is 0.0373 e. The number of anilines is 1. The zero-order valence-corrected chi connectivity index (χ0v) is 8.65. The zero-order valence-electron chi connectivity index (χ0n) is 8.65. The fourth-order valence-electron chi connectivity index (χ4n) is 1.77. The van der Waals surface area contributed by atoms with Gasteiger partial charge in [0.25, 0.3) is 0 Å². The Morgan fingerprint density at radius 1 is 1.31 bits per heavy atom. The van der Waals surface area contributed by atoms with Crippen molar-refractivity contribution in [2.24, 2.45) is 0 Å². The van der Waals surface area contributed by atoms with Crippen LogP contribution >= 0.6 is 0 Å². The third kappa shape index (κ3) is 1.55. The van der Waals surface area contributed by atoms with Gasteiger partial charge in [0.1, 0.15) is 0 Å². The Labute approximate surface area is 81.6 Å². The summed E-state index contributed by atoms with van der Waals surface area (Å²) in [6.45, 7) is 7.88. The lowest BCUT2D eigenvalue weighted by Crippen LogP contribution is -2.10. The predicted molar refractivity (Wildman–Crippen MR) is 59.4 cm³/mol. The number of fused-ring (bicyclic) bond motifs is 1. The van der Waals surface area contributed by atoms with Crippen LogP contribution in [0.1, 0.15) is 33.3 Å². The summed E-state index contributed by atoms with van der Waals surface area (Å²) in [5.41, 5.74) is 4.52. The van der Waals surface area contributed by atoms with Crippen LogP contribution in [-0.4, -0.2) is 6.54 Å². The van der Waals surface area contributed by atoms with Crippen LogP contribution in [-0.2, 0) is 11.8 Å². The van der Waals surface area contributed by atoms with E-state index in [1.54, 1.807) is 0 Å². The molecule has 2 rings (SSSR count). The molecule has 13 heavy (non-hydrogen) atoms. The van der Waals surface area contributed by atoms with Gasteiger partial charge in [-0.2, -0.15) is 0 Å². The predicted octanol–water partition coefficient (Wildman–Crippen LogP) is 3.20. The average molecular weight is 177 g/mol. The molecule has 0 radical (unpaired) electrons. The summed E-state index contributed by atoms with van der Waals surface area (Å²) in [7, 11) is 0. The van der Waals surface area contributed by atoms with Crippen molar-refractivity contribution in [3.05, 3.63) is 29.3 Å². The van der Waals surface area contributed by atoms with Crippen molar-refractivity contribution >= 4 is 5.69 Å². The van der Waals surface area contributed by atoms with Gasteiger partial charge in [0.05, 0.1) is 0 Å². The van der Waals surface area contributed by atoms with E-state index in [-0.39, 0.29) is 6.84 Å². The van der Waals surface area contributed by atoms with Crippen LogP contribution in [0.2, 0.25) is 0 Å². The molecule has 1 nitrogen and oxygen atoms in total. The van der Waals surface area contributed by atoms with Crippen LogP contribution in [0.3, 0.4) is 0 Å². The van der Waals surface area contributed by atoms with Crippen molar-refractivity contribution in [2.45, 2.75) is 32.6 Å². The highest BCUT2D eigenvalue weighted by atomic mass is 14.9. The van der Waals surface area contributed by atoms with Crippen LogP contribution in [0.5, 0.6) is 0 Å². The smallest absolute Gasteiger partial charge is 0.0373 e. The lowest BCUT2D eigenvalue weighted by molar-refractivity contribution is 0.590. The van der Waals surface area contributed by atoms with E-state index in [4.69, 9.17) is 0 Å². The van der Waals surface area contributed by atoms with E-state index in [9.17, 15) is 0 Å². The molecule has 0 saturated heterocycles. The van der Waals surface area contributed by atoms with Crippen LogP contribution < -0.4 is 5.32 Å². The van der Waals surface area contributed by atoms with Crippen molar-refractivity contribution in [1.29, 1.82) is 0 Å². The Bertz CT molecular complexity index is 326. The molecule has 0 aliphatic carbocycles. The minimum atomic E-state index is 0. The number of hydrogen-bond donors (Lipinski definition) is 1. The van der Waals surface area contributed by atoms with Gasteiger partial charge in [-0.15, -0.1) is 0 Å². The quantitative estimate of drug-likeness (QED) is 0.641. The molecule has 0 atom stereocenters. The largest absolute Gasteiger partial charge is 0.384 e. The maximum atomic E-state index is 3.38. The van der Waals surface area contributed by atoms with E-state index in [1.165, 1.54) is 23.2 Å². The average Bonchev–Trinajstić information content (AvgIpc) is 2.47. The van der Waals surface area contributed by atoms with Gasteiger partial charge in [0.2, 0.25) is 0 Å². The number of benzene rings is 1. The summed E-state index contributed by atoms with van der Waals surface area (Å²) < 4.78 is 0. The van der Waals surface area contributed by atoms with E-state index in [1.807, 2.05) is 0 Å². The summed E-state index contributed by atoms with van der Waals surface area (Å²) in [5.74, 6) is 0. The minimum absolute atomic E-state index is 0. The second-order valence-electron chi connectivity index (χ2n) is 4.80. The molecule has 0 spiro atoms. The highest BCUT2D eigenvalue weighted by molar-refractivity contribution is 5.57. The minimum Gasteiger partial charge on any atom is -0.384 e. The monoisotopic (exact) mass is 177 g/mol. The molecule has 0 saturated carbocycles. The third-order valence-electron chi connectivity index (χ3n) is 2.68. The summed E-state index contributed by atoms with van der Waals surface area (Å²) in [4.78, 5) is 0. The number of rotatable bonds is 0. The molecular weight excluding hydrogens is 158 g/mol. The Morgan fingerprint density at radius 3 is 2.77 bits per heavy atom. The van der Waals surface area contributed by atoms with Crippen LogP contribution in [0.15, 0.2) is 18.2 Å². The second-order valence-corrected chi connectivity index (χ2v) is 4.80. The van der Waals surface area contributed by atoms with Gasteiger partial charge in [-0.25, -0.2) is 0 Å². The molecule has 1 aliphatic rings. The Morgan fingerprint density at radius 2 is 2.08 bits per heavy atom. The van der Waals surface area contributed by atoms with Crippen molar-refractivity contribution < 1.29 is 1.43 Å². The highest BCUT2D eigenvalue weighted by Crippen LogP contribution is 2.29. The normalized spacial score (nSPS) is 15.3. The van der Waals surface area contributed by atoms with Crippen molar-refractivity contribution in [2.75, 3.05) is 11.9 Å². The van der Waals surface area contributed by atoms with Gasteiger partial charge in [-0.1, -0.05) is 32.9 Å². The van der Waals surface area contributed by atoms with E-state index in [2.05, 4.69) is 44.3 Å². The van der Waals surface area contributed by atoms with Gasteiger partial charge >= 0.3 is 0 Å². The molecule has 72 valence electrons. The summed E-state index contributed by atoms with van der Waals surface area (Å²) in [6.07, 6.45) is 1.18. The van der Waals surface area contributed by atoms with E-state index < -0.39 is 0 Å². The molecule has 0 bridgehead atoms. The fourth-order valence-corrected chi connectivity index (χ4v) is 1.77. The molecule has 1 aromatic carbocycles. The van der Waals surface area contributed by atoms with Crippen molar-refractivity contribution in [3.8, 4) is 0 Å². The van der Waals surface area contributed by atoms with Gasteiger partial charge in [0, 0.05) is 13.7 Å². The maximum absolute atomic E-state index is 3.38. The summed E-state index contributed by atoms with van der Waals surface area (Å²) in [5, 5.41) is 3.38. The topological polar surface area (TPSA) is 12.0 Å². The zero-order chi connectivity index (χ0) is 9.47. The number of nitrogens with one attached hydrogen (secondary N) is 1. The molecule has 0 aromatic heterocycles. The Hall–Kier alpha value is -0.980. The van der Waals surface area contributed by atoms with Crippen LogP contribution in [0.4, 0.5) is 5.69 Å². The first-order chi connectivity index (χ1) is 6.07. The molecule has 1 heteroatoms. The second kappa shape index (κ2) is 2.76. The number of hydrogen-bond acceptors (Lipinski definition) is 1. The first-order valence-electron chi connectivity index (χ1n) is 4.95. The molecule has 1 N–H and O–H groups in total. The summed E-state index contributed by atoms with van der Waals surface area (Å²) in [6, 6.07) is 6.79. The lowest BCUT2D eigenvalue weighted by Gasteiger charge is -2.19. The van der Waals surface area contributed by atoms with Crippen molar-refractivity contribution in [3.63, 3.8) is 0 Å². The van der Waals surface area contributed by atoms with Gasteiger partial charge < -0.3 is 5.32 Å². The molecule has 0 unspecified atom stereocenters. The first kappa shape index (κ1) is 8.61. The van der Waals surface area contributed by atoms with Gasteiger partial charge in [-0.3, -0.25) is 0 Å². The summed E-state index contributed by atoms with van der Waals surface area (Å²) >= 11 is 0. The van der Waals surface area contributed by atoms with Crippen LogP contribution in [0, 0.1) is 0 Å². The first-order valence-corrected chi connectivity index (χ1v) is 4.95. The van der Waals surface area contributed by atoms with E-state index >= 15 is 0 Å². The molecule has 1 heterocycles. The van der Waals surface area contributed by atoms with E-state index in [0.29, 0.717) is 0 Å². The van der Waals surface area contributed by atoms with Gasteiger partial charge in [0.15, 0.2) is 0 Å². The molecule has 0 amide bonds. The fraction of sp³-hybridized carbons (Fsp3) is 0.500. The van der Waals surface area contributed by atoms with Crippen molar-refractivity contribution in [1.82, 2.24) is 0 Å². The van der Waals surface area contributed by atoms with Crippen LogP contribution in [0.25, 0.3) is 0 Å². The molecule has 0 fully saturated rings. The standard InChI is InChI=1S/C12H17N.H2/c1-12(2,3)10-4-5-11-9(8-10)6-7-13-11;/h4-5,8,13H,6-7H2,1-3H3;1H. The molecule has 1 aliphatic heterocycles. The Kier molecular flexibility index (Phi) is 1.83. The van der Waals surface area contributed by atoms with E-state index in [0.717, 1.165) is 6.54 Å². The van der Waals surface area contributed by atoms with Gasteiger partial charge in [-0.05, 0) is 29.0 Å². The highest BCUT2D eigenvalue weighted by Gasteiger charge is 2.17. The molecular formula is C12H19N. The SMILES string of the molecule is CC(C)(C)c1ccc2c(c1)CCN2.[HH].